The average Bonchev–Trinajstić information content (AvgIpc) is 2.68. The fourth-order valence-corrected chi connectivity index (χ4v) is 3.72. The maximum absolute atomic E-state index is 6.10. The molecule has 0 saturated carbocycles. The summed E-state index contributed by atoms with van der Waals surface area (Å²) < 4.78 is 12.6. The molecule has 0 aliphatic rings. The highest BCUT2D eigenvalue weighted by Gasteiger charge is 2.12. The van der Waals surface area contributed by atoms with Crippen LogP contribution in [0.1, 0.15) is 16.7 Å². The number of ether oxygens (including phenoxy) is 2. The summed E-state index contributed by atoms with van der Waals surface area (Å²) in [5.74, 6) is 1.50. The zero-order valence-electron chi connectivity index (χ0n) is 15.3. The standard InChI is InChI=1S/C22H21ClINO2/c1-15-8-9-18(23)12-20(15)25-13-17-10-19(24)22(21(11-17)26-2)27-14-16-6-4-3-5-7-16/h3-12,25H,13-14H2,1-2H3. The predicted molar refractivity (Wildman–Crippen MR) is 120 cm³/mol. The van der Waals surface area contributed by atoms with E-state index >= 15 is 0 Å². The van der Waals surface area contributed by atoms with E-state index in [4.69, 9.17) is 21.1 Å². The third-order valence-corrected chi connectivity index (χ3v) is 5.23. The molecule has 0 saturated heterocycles. The number of hydrogen-bond acceptors (Lipinski definition) is 3. The molecule has 0 radical (unpaired) electrons. The van der Waals surface area contributed by atoms with Crippen molar-refractivity contribution in [1.29, 1.82) is 0 Å². The van der Waals surface area contributed by atoms with Crippen LogP contribution in [0.5, 0.6) is 11.5 Å². The number of benzene rings is 3. The van der Waals surface area contributed by atoms with Gasteiger partial charge in [0.05, 0.1) is 10.7 Å². The van der Waals surface area contributed by atoms with Gasteiger partial charge in [0.15, 0.2) is 11.5 Å². The monoisotopic (exact) mass is 493 g/mol. The first-order chi connectivity index (χ1) is 13.1. The lowest BCUT2D eigenvalue weighted by atomic mass is 10.1. The van der Waals surface area contributed by atoms with Crippen LogP contribution in [0.25, 0.3) is 0 Å². The third kappa shape index (κ3) is 5.30. The zero-order valence-corrected chi connectivity index (χ0v) is 18.2. The quantitative estimate of drug-likeness (QED) is 0.384. The minimum absolute atomic E-state index is 0.506. The van der Waals surface area contributed by atoms with Gasteiger partial charge in [-0.25, -0.2) is 0 Å². The fraction of sp³-hybridized carbons (Fsp3) is 0.182. The number of aryl methyl sites for hydroxylation is 1. The molecule has 3 rings (SSSR count). The van der Waals surface area contributed by atoms with Gasteiger partial charge in [-0.2, -0.15) is 0 Å². The van der Waals surface area contributed by atoms with E-state index in [9.17, 15) is 0 Å². The minimum Gasteiger partial charge on any atom is -0.493 e. The molecule has 27 heavy (non-hydrogen) atoms. The molecular weight excluding hydrogens is 473 g/mol. The number of nitrogens with one attached hydrogen (secondary N) is 1. The van der Waals surface area contributed by atoms with Crippen LogP contribution in [-0.2, 0) is 13.2 Å². The van der Waals surface area contributed by atoms with Crippen LogP contribution in [0.4, 0.5) is 5.69 Å². The summed E-state index contributed by atoms with van der Waals surface area (Å²) in [6.07, 6.45) is 0. The van der Waals surface area contributed by atoms with E-state index in [1.807, 2.05) is 54.6 Å². The Kier molecular flexibility index (Phi) is 6.85. The van der Waals surface area contributed by atoms with Gasteiger partial charge in [0, 0.05) is 17.3 Å². The first-order valence-electron chi connectivity index (χ1n) is 8.60. The van der Waals surface area contributed by atoms with E-state index in [1.54, 1.807) is 7.11 Å². The van der Waals surface area contributed by atoms with Gasteiger partial charge in [-0.1, -0.05) is 48.0 Å². The van der Waals surface area contributed by atoms with Gasteiger partial charge >= 0.3 is 0 Å². The molecule has 0 bridgehead atoms. The molecule has 0 aliphatic carbocycles. The molecule has 0 heterocycles. The van der Waals surface area contributed by atoms with E-state index in [2.05, 4.69) is 40.9 Å². The lowest BCUT2D eigenvalue weighted by molar-refractivity contribution is 0.282. The van der Waals surface area contributed by atoms with Crippen molar-refractivity contribution in [2.45, 2.75) is 20.1 Å². The summed E-state index contributed by atoms with van der Waals surface area (Å²) in [6, 6.07) is 20.1. The highest BCUT2D eigenvalue weighted by molar-refractivity contribution is 14.1. The smallest absolute Gasteiger partial charge is 0.174 e. The average molecular weight is 494 g/mol. The first-order valence-corrected chi connectivity index (χ1v) is 10.1. The number of hydrogen-bond donors (Lipinski definition) is 1. The van der Waals surface area contributed by atoms with Gasteiger partial charge in [0.1, 0.15) is 6.61 Å². The summed E-state index contributed by atoms with van der Waals surface area (Å²) in [5.41, 5.74) is 4.42. The molecule has 0 amide bonds. The highest BCUT2D eigenvalue weighted by atomic mass is 127. The van der Waals surface area contributed by atoms with Crippen LogP contribution in [-0.4, -0.2) is 7.11 Å². The predicted octanol–water partition coefficient (Wildman–Crippen LogP) is 6.45. The topological polar surface area (TPSA) is 30.5 Å². The Morgan fingerprint density at radius 1 is 1.00 bits per heavy atom. The van der Waals surface area contributed by atoms with Crippen LogP contribution in [0.15, 0.2) is 60.7 Å². The molecular formula is C22H21ClINO2. The second kappa shape index (κ2) is 9.33. The Morgan fingerprint density at radius 3 is 2.52 bits per heavy atom. The van der Waals surface area contributed by atoms with Crippen LogP contribution in [0, 0.1) is 10.5 Å². The maximum atomic E-state index is 6.10. The molecule has 0 fully saturated rings. The SMILES string of the molecule is COc1cc(CNc2cc(Cl)ccc2C)cc(I)c1OCc1ccccc1. The van der Waals surface area contributed by atoms with Crippen molar-refractivity contribution in [3.63, 3.8) is 0 Å². The van der Waals surface area contributed by atoms with Crippen molar-refractivity contribution in [3.8, 4) is 11.5 Å². The molecule has 0 unspecified atom stereocenters. The summed E-state index contributed by atoms with van der Waals surface area (Å²) >= 11 is 8.39. The molecule has 0 aliphatic heterocycles. The molecule has 140 valence electrons. The fourth-order valence-electron chi connectivity index (χ4n) is 2.73. The Bertz CT molecular complexity index is 916. The van der Waals surface area contributed by atoms with Gasteiger partial charge in [0.25, 0.3) is 0 Å². The van der Waals surface area contributed by atoms with Crippen LogP contribution < -0.4 is 14.8 Å². The summed E-state index contributed by atoms with van der Waals surface area (Å²) in [7, 11) is 1.67. The minimum atomic E-state index is 0.506. The van der Waals surface area contributed by atoms with Crippen molar-refractivity contribution in [1.82, 2.24) is 0 Å². The summed E-state index contributed by atoms with van der Waals surface area (Å²) in [4.78, 5) is 0. The maximum Gasteiger partial charge on any atom is 0.174 e. The van der Waals surface area contributed by atoms with Gasteiger partial charge in [-0.15, -0.1) is 0 Å². The van der Waals surface area contributed by atoms with Gasteiger partial charge in [-0.05, 0) is 70.5 Å². The second-order valence-corrected chi connectivity index (χ2v) is 7.79. The molecule has 0 spiro atoms. The normalized spacial score (nSPS) is 10.5. The van der Waals surface area contributed by atoms with Gasteiger partial charge in [-0.3, -0.25) is 0 Å². The molecule has 1 N–H and O–H groups in total. The lowest BCUT2D eigenvalue weighted by Gasteiger charge is -2.16. The van der Waals surface area contributed by atoms with Crippen molar-refractivity contribution < 1.29 is 9.47 Å². The summed E-state index contributed by atoms with van der Waals surface area (Å²) in [5, 5.41) is 4.16. The van der Waals surface area contributed by atoms with Gasteiger partial charge in [0.2, 0.25) is 0 Å². The first kappa shape index (κ1) is 19.8. The van der Waals surface area contributed by atoms with Crippen molar-refractivity contribution in [3.05, 3.63) is 85.9 Å². The van der Waals surface area contributed by atoms with Gasteiger partial charge < -0.3 is 14.8 Å². The molecule has 0 atom stereocenters. The van der Waals surface area contributed by atoms with Crippen molar-refractivity contribution >= 4 is 39.9 Å². The van der Waals surface area contributed by atoms with Crippen LogP contribution >= 0.6 is 34.2 Å². The molecule has 3 aromatic carbocycles. The summed E-state index contributed by atoms with van der Waals surface area (Å²) in [6.45, 7) is 3.24. The highest BCUT2D eigenvalue weighted by Crippen LogP contribution is 2.35. The number of halogens is 2. The van der Waals surface area contributed by atoms with Crippen LogP contribution in [0.2, 0.25) is 5.02 Å². The molecule has 5 heteroatoms. The number of methoxy groups -OCH3 is 1. The van der Waals surface area contributed by atoms with E-state index in [-0.39, 0.29) is 0 Å². The Balaban J connectivity index is 1.74. The van der Waals surface area contributed by atoms with Crippen molar-refractivity contribution in [2.24, 2.45) is 0 Å². The largest absolute Gasteiger partial charge is 0.493 e. The Labute approximate surface area is 178 Å². The Hall–Kier alpha value is -1.92. The van der Waals surface area contributed by atoms with E-state index in [0.29, 0.717) is 13.2 Å². The van der Waals surface area contributed by atoms with E-state index in [0.717, 1.165) is 42.5 Å². The van der Waals surface area contributed by atoms with E-state index < -0.39 is 0 Å². The number of rotatable bonds is 7. The zero-order chi connectivity index (χ0) is 19.2. The molecule has 0 aromatic heterocycles. The van der Waals surface area contributed by atoms with Crippen LogP contribution in [0.3, 0.4) is 0 Å². The second-order valence-electron chi connectivity index (χ2n) is 6.20. The van der Waals surface area contributed by atoms with Crippen molar-refractivity contribution in [2.75, 3.05) is 12.4 Å². The Morgan fingerprint density at radius 2 is 1.78 bits per heavy atom. The molecule has 3 nitrogen and oxygen atoms in total. The third-order valence-electron chi connectivity index (χ3n) is 4.20. The number of anilines is 1. The van der Waals surface area contributed by atoms with E-state index in [1.165, 1.54) is 0 Å². The molecule has 3 aromatic rings. The lowest BCUT2D eigenvalue weighted by Crippen LogP contribution is -2.04.